The van der Waals surface area contributed by atoms with E-state index in [-0.39, 0.29) is 5.91 Å². The number of rotatable bonds is 6. The number of carbonyl (C=O) groups excluding carboxylic acids is 1. The van der Waals surface area contributed by atoms with Crippen LogP contribution in [0.5, 0.6) is 0 Å². The Morgan fingerprint density at radius 2 is 2.26 bits per heavy atom. The second-order valence-corrected chi connectivity index (χ2v) is 4.79. The molecule has 1 aliphatic rings. The predicted molar refractivity (Wildman–Crippen MR) is 74.5 cm³/mol. The lowest BCUT2D eigenvalue weighted by molar-refractivity contribution is -0.121. The van der Waals surface area contributed by atoms with E-state index in [1.807, 2.05) is 12.1 Å². The van der Waals surface area contributed by atoms with E-state index in [0.29, 0.717) is 30.3 Å². The van der Waals surface area contributed by atoms with Crippen molar-refractivity contribution in [1.29, 1.82) is 5.26 Å². The number of benzene rings is 1. The van der Waals surface area contributed by atoms with Crippen molar-refractivity contribution in [2.75, 3.05) is 17.6 Å². The number of nitrogen functional groups attached to an aromatic ring is 1. The van der Waals surface area contributed by atoms with Gasteiger partial charge in [0.15, 0.2) is 0 Å². The van der Waals surface area contributed by atoms with Gasteiger partial charge in [-0.25, -0.2) is 0 Å². The molecule has 1 saturated carbocycles. The molecule has 0 heterocycles. The number of amides is 1. The van der Waals surface area contributed by atoms with Crippen LogP contribution in [-0.4, -0.2) is 18.5 Å². The first kappa shape index (κ1) is 13.2. The van der Waals surface area contributed by atoms with Gasteiger partial charge in [-0.3, -0.25) is 4.79 Å². The molecule has 1 aliphatic carbocycles. The summed E-state index contributed by atoms with van der Waals surface area (Å²) in [5, 5.41) is 14.9. The smallest absolute Gasteiger partial charge is 0.220 e. The van der Waals surface area contributed by atoms with Crippen molar-refractivity contribution in [2.45, 2.75) is 31.7 Å². The third kappa shape index (κ3) is 4.18. The first-order valence-electron chi connectivity index (χ1n) is 6.52. The van der Waals surface area contributed by atoms with E-state index >= 15 is 0 Å². The van der Waals surface area contributed by atoms with Crippen LogP contribution in [0, 0.1) is 11.3 Å². The maximum absolute atomic E-state index is 11.4. The number of carbonyl (C=O) groups is 1. The SMILES string of the molecule is N#Cc1ccc(NCCCC(=O)NC2CC2)cc1N. The van der Waals surface area contributed by atoms with Crippen molar-refractivity contribution in [3.63, 3.8) is 0 Å². The first-order chi connectivity index (χ1) is 9.19. The van der Waals surface area contributed by atoms with E-state index in [2.05, 4.69) is 10.6 Å². The Labute approximate surface area is 112 Å². The number of nitrogens with two attached hydrogens (primary N) is 1. The van der Waals surface area contributed by atoms with Crippen LogP contribution in [0.15, 0.2) is 18.2 Å². The molecule has 0 unspecified atom stereocenters. The fraction of sp³-hybridized carbons (Fsp3) is 0.429. The van der Waals surface area contributed by atoms with Crippen molar-refractivity contribution in [3.05, 3.63) is 23.8 Å². The molecule has 5 heteroatoms. The third-order valence-electron chi connectivity index (χ3n) is 3.02. The Morgan fingerprint density at radius 3 is 2.89 bits per heavy atom. The quantitative estimate of drug-likeness (QED) is 0.534. The van der Waals surface area contributed by atoms with Gasteiger partial charge in [-0.1, -0.05) is 0 Å². The van der Waals surface area contributed by atoms with Crippen LogP contribution in [0.25, 0.3) is 0 Å². The maximum Gasteiger partial charge on any atom is 0.220 e. The molecule has 100 valence electrons. The summed E-state index contributed by atoms with van der Waals surface area (Å²) >= 11 is 0. The van der Waals surface area contributed by atoms with Crippen LogP contribution in [-0.2, 0) is 4.79 Å². The number of nitrogens with zero attached hydrogens (tertiary/aromatic N) is 1. The molecule has 1 amide bonds. The minimum Gasteiger partial charge on any atom is -0.398 e. The fourth-order valence-electron chi connectivity index (χ4n) is 1.78. The largest absolute Gasteiger partial charge is 0.398 e. The van der Waals surface area contributed by atoms with Crippen LogP contribution in [0.1, 0.15) is 31.2 Å². The lowest BCUT2D eigenvalue weighted by Crippen LogP contribution is -2.25. The Bertz CT molecular complexity index is 503. The zero-order chi connectivity index (χ0) is 13.7. The molecule has 0 aromatic heterocycles. The van der Waals surface area contributed by atoms with Crippen LogP contribution >= 0.6 is 0 Å². The van der Waals surface area contributed by atoms with Crippen LogP contribution in [0.4, 0.5) is 11.4 Å². The van der Waals surface area contributed by atoms with Crippen molar-refractivity contribution in [2.24, 2.45) is 0 Å². The highest BCUT2D eigenvalue weighted by Crippen LogP contribution is 2.19. The van der Waals surface area contributed by atoms with Gasteiger partial charge in [0.05, 0.1) is 11.3 Å². The molecule has 0 atom stereocenters. The number of nitrogens with one attached hydrogen (secondary N) is 2. The molecule has 1 aromatic carbocycles. The molecule has 1 fully saturated rings. The second-order valence-electron chi connectivity index (χ2n) is 4.79. The van der Waals surface area contributed by atoms with Gasteiger partial charge in [-0.2, -0.15) is 5.26 Å². The topological polar surface area (TPSA) is 90.9 Å². The summed E-state index contributed by atoms with van der Waals surface area (Å²) in [6.07, 6.45) is 3.55. The van der Waals surface area contributed by atoms with Crippen molar-refractivity contribution < 1.29 is 4.79 Å². The Balaban J connectivity index is 1.69. The maximum atomic E-state index is 11.4. The van der Waals surface area contributed by atoms with Crippen LogP contribution in [0.2, 0.25) is 0 Å². The van der Waals surface area contributed by atoms with E-state index < -0.39 is 0 Å². The molecule has 0 radical (unpaired) electrons. The Morgan fingerprint density at radius 1 is 1.47 bits per heavy atom. The molecule has 5 nitrogen and oxygen atoms in total. The molecule has 0 spiro atoms. The number of nitriles is 1. The average molecular weight is 258 g/mol. The zero-order valence-electron chi connectivity index (χ0n) is 10.8. The average Bonchev–Trinajstić information content (AvgIpc) is 3.19. The highest BCUT2D eigenvalue weighted by atomic mass is 16.1. The van der Waals surface area contributed by atoms with Crippen LogP contribution in [0.3, 0.4) is 0 Å². The van der Waals surface area contributed by atoms with Crippen molar-refractivity contribution >= 4 is 17.3 Å². The molecule has 0 bridgehead atoms. The van der Waals surface area contributed by atoms with Gasteiger partial charge < -0.3 is 16.4 Å². The lowest BCUT2D eigenvalue weighted by Gasteiger charge is -2.08. The molecule has 2 rings (SSSR count). The molecular weight excluding hydrogens is 240 g/mol. The lowest BCUT2D eigenvalue weighted by atomic mass is 10.2. The van der Waals surface area contributed by atoms with Gasteiger partial charge in [0, 0.05) is 24.7 Å². The van der Waals surface area contributed by atoms with Crippen molar-refractivity contribution in [1.82, 2.24) is 5.32 Å². The number of hydrogen-bond donors (Lipinski definition) is 3. The van der Waals surface area contributed by atoms with Gasteiger partial charge in [-0.05, 0) is 37.5 Å². The van der Waals surface area contributed by atoms with Gasteiger partial charge in [-0.15, -0.1) is 0 Å². The molecule has 1 aromatic rings. The summed E-state index contributed by atoms with van der Waals surface area (Å²) < 4.78 is 0. The standard InChI is InChI=1S/C14H18N4O/c15-9-10-3-4-12(8-13(10)16)17-7-1-2-14(19)18-11-5-6-11/h3-4,8,11,17H,1-2,5-7,16H2,(H,18,19). The molecule has 19 heavy (non-hydrogen) atoms. The van der Waals surface area contributed by atoms with Gasteiger partial charge >= 0.3 is 0 Å². The highest BCUT2D eigenvalue weighted by Gasteiger charge is 2.22. The van der Waals surface area contributed by atoms with Gasteiger partial charge in [0.25, 0.3) is 0 Å². The van der Waals surface area contributed by atoms with E-state index in [9.17, 15) is 4.79 Å². The van der Waals surface area contributed by atoms with E-state index in [1.54, 1.807) is 12.1 Å². The third-order valence-corrected chi connectivity index (χ3v) is 3.02. The van der Waals surface area contributed by atoms with Crippen molar-refractivity contribution in [3.8, 4) is 6.07 Å². The summed E-state index contributed by atoms with van der Waals surface area (Å²) in [7, 11) is 0. The van der Waals surface area contributed by atoms with E-state index in [0.717, 1.165) is 24.9 Å². The van der Waals surface area contributed by atoms with E-state index in [4.69, 9.17) is 11.0 Å². The summed E-state index contributed by atoms with van der Waals surface area (Å²) in [4.78, 5) is 11.4. The summed E-state index contributed by atoms with van der Waals surface area (Å²) in [5.74, 6) is 0.128. The van der Waals surface area contributed by atoms with E-state index in [1.165, 1.54) is 0 Å². The summed E-state index contributed by atoms with van der Waals surface area (Å²) in [6.45, 7) is 0.712. The Hall–Kier alpha value is -2.22. The van der Waals surface area contributed by atoms with Gasteiger partial charge in [0.2, 0.25) is 5.91 Å². The molecule has 0 aliphatic heterocycles. The molecule has 0 saturated heterocycles. The molecule has 4 N–H and O–H groups in total. The predicted octanol–water partition coefficient (Wildman–Crippen LogP) is 1.61. The van der Waals surface area contributed by atoms with Crippen LogP contribution < -0.4 is 16.4 Å². The summed E-state index contributed by atoms with van der Waals surface area (Å²) in [5.41, 5.74) is 7.55. The monoisotopic (exact) mass is 258 g/mol. The second kappa shape index (κ2) is 6.10. The number of anilines is 2. The molecular formula is C14H18N4O. The Kier molecular flexibility index (Phi) is 4.24. The summed E-state index contributed by atoms with van der Waals surface area (Å²) in [6, 6.07) is 7.70. The minimum atomic E-state index is 0.128. The van der Waals surface area contributed by atoms with Gasteiger partial charge in [0.1, 0.15) is 6.07 Å². The normalized spacial score (nSPS) is 13.6. The number of hydrogen-bond acceptors (Lipinski definition) is 4. The zero-order valence-corrected chi connectivity index (χ0v) is 10.8. The minimum absolute atomic E-state index is 0.128. The first-order valence-corrected chi connectivity index (χ1v) is 6.52. The fourth-order valence-corrected chi connectivity index (χ4v) is 1.78. The highest BCUT2D eigenvalue weighted by molar-refractivity contribution is 5.76.